The van der Waals surface area contributed by atoms with Gasteiger partial charge in [0.2, 0.25) is 0 Å². The molecular formula is C108H75BBr2O2S2. The second kappa shape index (κ2) is 29.8. The molecule has 1 aliphatic heterocycles. The van der Waals surface area contributed by atoms with Gasteiger partial charge in [-0.3, -0.25) is 0 Å². The summed E-state index contributed by atoms with van der Waals surface area (Å²) in [6.07, 6.45) is 0. The molecule has 0 bridgehead atoms. The first-order valence-corrected chi connectivity index (χ1v) is 42.4. The van der Waals surface area contributed by atoms with E-state index in [1.54, 1.807) is 0 Å². The molecule has 2 nitrogen and oxygen atoms in total. The number of hydrogen-bond donors (Lipinski definition) is 0. The third-order valence-corrected chi connectivity index (χ3v) is 26.8. The summed E-state index contributed by atoms with van der Waals surface area (Å²) >= 11 is 10.7. The summed E-state index contributed by atoms with van der Waals surface area (Å²) in [5.74, 6) is 0. The lowest BCUT2D eigenvalue weighted by atomic mass is 9.77. The van der Waals surface area contributed by atoms with E-state index in [0.29, 0.717) is 0 Å². The lowest BCUT2D eigenvalue weighted by Crippen LogP contribution is -2.41. The van der Waals surface area contributed by atoms with Gasteiger partial charge < -0.3 is 9.31 Å². The molecule has 21 aromatic rings. The first kappa shape index (κ1) is 72.1. The Morgan fingerprint density at radius 2 is 0.426 bits per heavy atom. The molecule has 0 saturated carbocycles. The number of rotatable bonds is 9. The highest BCUT2D eigenvalue weighted by atomic mass is 79.9. The van der Waals surface area contributed by atoms with E-state index in [2.05, 4.69) is 442 Å². The molecule has 0 atom stereocenters. The highest BCUT2D eigenvalue weighted by molar-refractivity contribution is 9.10. The summed E-state index contributed by atoms with van der Waals surface area (Å²) in [6.45, 7) is 8.39. The molecule has 1 fully saturated rings. The second-order valence-electron chi connectivity index (χ2n) is 30.9. The molecular weight excluding hydrogens is 1560 g/mol. The van der Waals surface area contributed by atoms with Gasteiger partial charge in [0.25, 0.3) is 0 Å². The summed E-state index contributed by atoms with van der Waals surface area (Å²) in [7, 11) is -0.388. The first-order valence-electron chi connectivity index (χ1n) is 39.2. The van der Waals surface area contributed by atoms with Crippen LogP contribution < -0.4 is 5.46 Å². The van der Waals surface area contributed by atoms with Gasteiger partial charge in [-0.2, -0.15) is 0 Å². The van der Waals surface area contributed by atoms with Gasteiger partial charge in [0.05, 0.1) is 11.2 Å². The standard InChI is InChI=1S/C64H40S.C32H29BO2.C12H6Br2S/c1-3-17-41(18-4-1)61-49-25-7-11-29-53(49)63(54-30-12-8-26-50(54)61)47-23-15-21-43(37-47)45-33-35-59-57(39-45)58-40-46(34-36-60(58)65-59)44-22-16-24-48(38-44)64-55-31-13-9-27-51(55)62(42-19-5-2-6-20-42)52-28-10-14-32-56(52)64;1-31(2)32(3,4)35-33(34-31)24-16-12-15-23(21-24)30-27-19-10-8-17-25(27)29(22-13-6-5-7-14-22)26-18-9-11-20-28(26)30;13-7-1-3-11-9(5-7)10-6-8(14)2-4-12(10)15-11/h1-40H;5-21H,1-4H3;1-6H. The van der Waals surface area contributed by atoms with E-state index in [1.165, 1.54) is 194 Å². The first-order chi connectivity index (χ1) is 56.3. The average molecular weight is 1640 g/mol. The van der Waals surface area contributed by atoms with Gasteiger partial charge in [0, 0.05) is 49.3 Å². The molecule has 0 unspecified atom stereocenters. The highest BCUT2D eigenvalue weighted by Gasteiger charge is 2.52. The molecule has 0 N–H and O–H groups in total. The normalized spacial score (nSPS) is 13.2. The van der Waals surface area contributed by atoms with Crippen molar-refractivity contribution >= 4 is 172 Å². The highest BCUT2D eigenvalue weighted by Crippen LogP contribution is 2.50. The van der Waals surface area contributed by atoms with E-state index in [4.69, 9.17) is 9.31 Å². The fourth-order valence-corrected chi connectivity index (χ4v) is 20.3. The van der Waals surface area contributed by atoms with Gasteiger partial charge in [0.1, 0.15) is 0 Å². The van der Waals surface area contributed by atoms with Crippen LogP contribution in [0.25, 0.3) is 194 Å². The third kappa shape index (κ3) is 13.1. The van der Waals surface area contributed by atoms with E-state index in [0.717, 1.165) is 14.4 Å². The molecule has 22 rings (SSSR count). The predicted octanol–water partition coefficient (Wildman–Crippen LogP) is 31.9. The average Bonchev–Trinajstić information content (AvgIpc) is 1.33. The summed E-state index contributed by atoms with van der Waals surface area (Å²) in [4.78, 5) is 0. The van der Waals surface area contributed by atoms with Gasteiger partial charge in [-0.25, -0.2) is 0 Å². The number of benzene rings is 19. The summed E-state index contributed by atoms with van der Waals surface area (Å²) in [5, 5.41) is 20.4. The monoisotopic (exact) mass is 1640 g/mol. The summed E-state index contributed by atoms with van der Waals surface area (Å²) < 4.78 is 20.3. The predicted molar refractivity (Wildman–Crippen MR) is 505 cm³/mol. The van der Waals surface area contributed by atoms with Gasteiger partial charge >= 0.3 is 7.12 Å². The fourth-order valence-electron chi connectivity index (χ4n) is 17.5. The smallest absolute Gasteiger partial charge is 0.399 e. The minimum atomic E-state index is -0.388. The van der Waals surface area contributed by atoms with E-state index >= 15 is 0 Å². The van der Waals surface area contributed by atoms with E-state index in [-0.39, 0.29) is 18.3 Å². The number of fused-ring (bicyclic) bond motifs is 12. The van der Waals surface area contributed by atoms with E-state index < -0.39 is 0 Å². The minimum Gasteiger partial charge on any atom is -0.399 e. The van der Waals surface area contributed by atoms with Gasteiger partial charge in [-0.1, -0.05) is 341 Å². The van der Waals surface area contributed by atoms with Crippen molar-refractivity contribution in [2.45, 2.75) is 38.9 Å². The van der Waals surface area contributed by atoms with E-state index in [1.807, 2.05) is 22.7 Å². The molecule has 1 aliphatic rings. The number of hydrogen-bond acceptors (Lipinski definition) is 4. The van der Waals surface area contributed by atoms with Crippen LogP contribution in [0, 0.1) is 0 Å². The minimum absolute atomic E-state index is 0.371. The zero-order valence-electron chi connectivity index (χ0n) is 63.8. The SMILES string of the molecule is Brc1ccc2sc3ccc(Br)cc3c2c1.CC1(C)OB(c2cccc(-c3c4ccccc4c(-c4ccccc4)c4ccccc34)c2)OC1(C)C.c1ccc(-c2c3ccccc3c(-c3cccc(-c4ccc5sc6ccc(-c7cccc(-c8c9ccccc9c(-c9ccccc9)c9ccccc89)c7)cc6c5c4)c3)c3ccccc23)cc1. The molecule has 0 radical (unpaired) electrons. The Labute approximate surface area is 694 Å². The lowest BCUT2D eigenvalue weighted by molar-refractivity contribution is 0.00578. The molecule has 548 valence electrons. The molecule has 19 aromatic carbocycles. The van der Waals surface area contributed by atoms with Crippen LogP contribution >= 0.6 is 54.5 Å². The molecule has 0 aliphatic carbocycles. The number of halogens is 2. The molecule has 3 heterocycles. The zero-order valence-corrected chi connectivity index (χ0v) is 68.6. The van der Waals surface area contributed by atoms with Gasteiger partial charge in [0.15, 0.2) is 0 Å². The largest absolute Gasteiger partial charge is 0.494 e. The van der Waals surface area contributed by atoms with Crippen LogP contribution in [0.3, 0.4) is 0 Å². The quantitative estimate of drug-likeness (QED) is 0.106. The maximum absolute atomic E-state index is 6.37. The summed E-state index contributed by atoms with van der Waals surface area (Å²) in [5.41, 5.74) is 20.2. The maximum Gasteiger partial charge on any atom is 0.494 e. The third-order valence-electron chi connectivity index (χ3n) is 23.5. The Morgan fingerprint density at radius 3 is 0.730 bits per heavy atom. The van der Waals surface area contributed by atoms with Crippen molar-refractivity contribution in [3.8, 4) is 89.0 Å². The number of thiophene rings is 2. The maximum atomic E-state index is 6.37. The Hall–Kier alpha value is -11.9. The van der Waals surface area contributed by atoms with Gasteiger partial charge in [-0.05, 0) is 260 Å². The second-order valence-corrected chi connectivity index (χ2v) is 34.9. The van der Waals surface area contributed by atoms with Crippen LogP contribution in [0.2, 0.25) is 0 Å². The van der Waals surface area contributed by atoms with E-state index in [9.17, 15) is 0 Å². The lowest BCUT2D eigenvalue weighted by Gasteiger charge is -2.32. The van der Waals surface area contributed by atoms with Crippen molar-refractivity contribution in [1.29, 1.82) is 0 Å². The Bertz CT molecular complexity index is 6890. The van der Waals surface area contributed by atoms with Gasteiger partial charge in [-0.15, -0.1) is 22.7 Å². The van der Waals surface area contributed by atoms with Crippen molar-refractivity contribution in [2.24, 2.45) is 0 Å². The Balaban J connectivity index is 0.000000141. The van der Waals surface area contributed by atoms with Crippen LogP contribution in [0.1, 0.15) is 27.7 Å². The molecule has 0 spiro atoms. The molecule has 7 heteroatoms. The van der Waals surface area contributed by atoms with Crippen molar-refractivity contribution in [2.75, 3.05) is 0 Å². The molecule has 2 aromatic heterocycles. The van der Waals surface area contributed by atoms with Crippen LogP contribution in [0.4, 0.5) is 0 Å². The fraction of sp³-hybridized carbons (Fsp3) is 0.0556. The van der Waals surface area contributed by atoms with Crippen LogP contribution in [-0.4, -0.2) is 18.3 Å². The van der Waals surface area contributed by atoms with Crippen molar-refractivity contribution in [3.63, 3.8) is 0 Å². The van der Waals surface area contributed by atoms with Crippen molar-refractivity contribution in [3.05, 3.63) is 391 Å². The van der Waals surface area contributed by atoms with Crippen LogP contribution in [-0.2, 0) is 9.31 Å². The Kier molecular flexibility index (Phi) is 18.7. The molecule has 0 amide bonds. The summed E-state index contributed by atoms with van der Waals surface area (Å²) in [6, 6.07) is 139. The zero-order chi connectivity index (χ0) is 77.5. The topological polar surface area (TPSA) is 18.5 Å². The van der Waals surface area contributed by atoms with Crippen molar-refractivity contribution < 1.29 is 9.31 Å². The van der Waals surface area contributed by atoms with Crippen LogP contribution in [0.5, 0.6) is 0 Å². The Morgan fingerprint density at radius 1 is 0.200 bits per heavy atom. The molecule has 1 saturated heterocycles. The molecule has 115 heavy (non-hydrogen) atoms. The van der Waals surface area contributed by atoms with Crippen molar-refractivity contribution in [1.82, 2.24) is 0 Å². The van der Waals surface area contributed by atoms with Crippen LogP contribution in [0.15, 0.2) is 391 Å².